The molecule has 1 heterocycles. The van der Waals surface area contributed by atoms with E-state index in [0.717, 1.165) is 27.4 Å². The molecule has 0 unspecified atom stereocenters. The number of hydrogen-bond acceptors (Lipinski definition) is 4. The first-order valence-corrected chi connectivity index (χ1v) is 9.16. The largest absolute Gasteiger partial charge is 0.487 e. The molecule has 0 aliphatic rings. The zero-order valence-corrected chi connectivity index (χ0v) is 15.6. The first-order valence-electron chi connectivity index (χ1n) is 9.16. The van der Waals surface area contributed by atoms with Gasteiger partial charge in [-0.25, -0.2) is 5.48 Å². The van der Waals surface area contributed by atoms with Gasteiger partial charge in [-0.05, 0) is 35.4 Å². The number of H-pyrrole nitrogens is 1. The van der Waals surface area contributed by atoms with Crippen LogP contribution in [-0.4, -0.2) is 34.4 Å². The number of aromatic amines is 1. The van der Waals surface area contributed by atoms with Gasteiger partial charge in [-0.1, -0.05) is 48.5 Å². The predicted molar refractivity (Wildman–Crippen MR) is 112 cm³/mol. The van der Waals surface area contributed by atoms with E-state index in [2.05, 4.69) is 11.1 Å². The Hall–Kier alpha value is -3.61. The Morgan fingerprint density at radius 1 is 1.00 bits per heavy atom. The lowest BCUT2D eigenvalue weighted by molar-refractivity contribution is 0.0706. The second-order valence-electron chi connectivity index (χ2n) is 6.66. The lowest BCUT2D eigenvalue weighted by Gasteiger charge is -2.09. The van der Waals surface area contributed by atoms with Gasteiger partial charge in [-0.3, -0.25) is 10.0 Å². The van der Waals surface area contributed by atoms with Gasteiger partial charge in [-0.2, -0.15) is 0 Å². The van der Waals surface area contributed by atoms with Gasteiger partial charge in [0.25, 0.3) is 5.91 Å². The molecule has 0 saturated carbocycles. The number of fused-ring (bicyclic) bond motifs is 3. The number of aliphatic hydroxyl groups excluding tert-OH is 1. The molecule has 0 radical (unpaired) electrons. The standard InChI is InChI=1S/C23H20N2O4/c26-13-16(12-15-8-10-17(11-9-15)23(27)25-28)14-29-21-7-3-5-19-18-4-1-2-6-20(18)24-22(19)21/h1-12,24,26,28H,13-14H2,(H,25,27). The summed E-state index contributed by atoms with van der Waals surface area (Å²) in [5, 5.41) is 20.6. The molecule has 4 aromatic rings. The van der Waals surface area contributed by atoms with Crippen LogP contribution >= 0.6 is 0 Å². The molecule has 29 heavy (non-hydrogen) atoms. The van der Waals surface area contributed by atoms with E-state index in [-0.39, 0.29) is 13.2 Å². The summed E-state index contributed by atoms with van der Waals surface area (Å²) in [5.41, 5.74) is 5.42. The summed E-state index contributed by atoms with van der Waals surface area (Å²) in [5.74, 6) is 0.144. The summed E-state index contributed by atoms with van der Waals surface area (Å²) < 4.78 is 6.00. The third-order valence-electron chi connectivity index (χ3n) is 4.76. The van der Waals surface area contributed by atoms with Gasteiger partial charge in [0.05, 0.1) is 12.1 Å². The highest BCUT2D eigenvalue weighted by Crippen LogP contribution is 2.31. The number of carbonyl (C=O) groups is 1. The van der Waals surface area contributed by atoms with Gasteiger partial charge in [-0.15, -0.1) is 0 Å². The van der Waals surface area contributed by atoms with E-state index in [1.54, 1.807) is 29.7 Å². The molecule has 1 amide bonds. The molecule has 146 valence electrons. The van der Waals surface area contributed by atoms with Crippen LogP contribution in [0.5, 0.6) is 5.75 Å². The third kappa shape index (κ3) is 3.85. The number of carbonyl (C=O) groups excluding carboxylic acids is 1. The molecule has 0 fully saturated rings. The highest BCUT2D eigenvalue weighted by molar-refractivity contribution is 6.09. The van der Waals surface area contributed by atoms with Crippen LogP contribution in [0.1, 0.15) is 15.9 Å². The molecule has 0 aliphatic heterocycles. The Labute approximate surface area is 167 Å². The number of nitrogens with one attached hydrogen (secondary N) is 2. The Morgan fingerprint density at radius 2 is 1.76 bits per heavy atom. The van der Waals surface area contributed by atoms with Crippen LogP contribution in [0, 0.1) is 0 Å². The van der Waals surface area contributed by atoms with Gasteiger partial charge >= 0.3 is 0 Å². The van der Waals surface area contributed by atoms with Crippen LogP contribution in [0.3, 0.4) is 0 Å². The second kappa shape index (κ2) is 8.18. The quantitative estimate of drug-likeness (QED) is 0.298. The number of amides is 1. The van der Waals surface area contributed by atoms with Crippen molar-refractivity contribution in [3.8, 4) is 5.75 Å². The van der Waals surface area contributed by atoms with Crippen molar-refractivity contribution in [3.63, 3.8) is 0 Å². The number of hydrogen-bond donors (Lipinski definition) is 4. The van der Waals surface area contributed by atoms with E-state index in [0.29, 0.717) is 16.9 Å². The maximum atomic E-state index is 11.4. The number of benzene rings is 3. The Kier molecular flexibility index (Phi) is 5.29. The molecule has 0 bridgehead atoms. The van der Waals surface area contributed by atoms with Crippen molar-refractivity contribution < 1.29 is 19.8 Å². The van der Waals surface area contributed by atoms with Crippen molar-refractivity contribution in [1.29, 1.82) is 0 Å². The van der Waals surface area contributed by atoms with Crippen molar-refractivity contribution in [2.45, 2.75) is 0 Å². The van der Waals surface area contributed by atoms with E-state index >= 15 is 0 Å². The third-order valence-corrected chi connectivity index (χ3v) is 4.76. The minimum Gasteiger partial charge on any atom is -0.487 e. The average Bonchev–Trinajstić information content (AvgIpc) is 3.16. The van der Waals surface area contributed by atoms with Crippen molar-refractivity contribution in [3.05, 3.63) is 83.4 Å². The van der Waals surface area contributed by atoms with Crippen molar-refractivity contribution in [1.82, 2.24) is 10.5 Å². The van der Waals surface area contributed by atoms with Crippen LogP contribution in [-0.2, 0) is 0 Å². The van der Waals surface area contributed by atoms with Crippen molar-refractivity contribution in [2.75, 3.05) is 13.2 Å². The lowest BCUT2D eigenvalue weighted by atomic mass is 10.1. The zero-order chi connectivity index (χ0) is 20.2. The molecular formula is C23H20N2O4. The smallest absolute Gasteiger partial charge is 0.274 e. The summed E-state index contributed by atoms with van der Waals surface area (Å²) in [6, 6.07) is 20.6. The van der Waals surface area contributed by atoms with Crippen LogP contribution in [0.15, 0.2) is 72.3 Å². The number of aliphatic hydroxyl groups is 1. The SMILES string of the molecule is O=C(NO)c1ccc(C=C(CO)COc2cccc3c2[nH]c2ccccc23)cc1. The average molecular weight is 388 g/mol. The van der Waals surface area contributed by atoms with Crippen LogP contribution in [0.25, 0.3) is 27.9 Å². The molecule has 1 aromatic heterocycles. The molecule has 6 nitrogen and oxygen atoms in total. The van der Waals surface area contributed by atoms with Crippen molar-refractivity contribution >= 4 is 33.8 Å². The van der Waals surface area contributed by atoms with Crippen LogP contribution < -0.4 is 10.2 Å². The molecule has 6 heteroatoms. The fourth-order valence-electron chi connectivity index (χ4n) is 3.30. The topological polar surface area (TPSA) is 94.6 Å². The Bertz CT molecular complexity index is 1190. The molecule has 0 saturated heterocycles. The summed E-state index contributed by atoms with van der Waals surface area (Å²) in [4.78, 5) is 14.8. The highest BCUT2D eigenvalue weighted by atomic mass is 16.5. The normalized spacial score (nSPS) is 11.7. The zero-order valence-electron chi connectivity index (χ0n) is 15.6. The van der Waals surface area contributed by atoms with E-state index in [1.165, 1.54) is 0 Å². The summed E-state index contributed by atoms with van der Waals surface area (Å²) in [6.07, 6.45) is 1.81. The molecule has 4 rings (SSSR count). The molecule has 4 N–H and O–H groups in total. The highest BCUT2D eigenvalue weighted by Gasteiger charge is 2.09. The number of rotatable bonds is 6. The molecule has 3 aromatic carbocycles. The van der Waals surface area contributed by atoms with Gasteiger partial charge in [0.2, 0.25) is 0 Å². The monoisotopic (exact) mass is 388 g/mol. The molecular weight excluding hydrogens is 368 g/mol. The van der Waals surface area contributed by atoms with Crippen LogP contribution in [0.2, 0.25) is 0 Å². The maximum absolute atomic E-state index is 11.4. The number of para-hydroxylation sites is 2. The van der Waals surface area contributed by atoms with Gasteiger partial charge in [0.15, 0.2) is 0 Å². The molecule has 0 atom stereocenters. The number of ether oxygens (including phenoxy) is 1. The first kappa shape index (κ1) is 18.7. The minimum absolute atomic E-state index is 0.151. The fourth-order valence-corrected chi connectivity index (χ4v) is 3.30. The molecule has 0 aliphatic carbocycles. The molecule has 0 spiro atoms. The van der Waals surface area contributed by atoms with Gasteiger partial charge in [0, 0.05) is 21.9 Å². The van der Waals surface area contributed by atoms with E-state index in [4.69, 9.17) is 9.94 Å². The minimum atomic E-state index is -0.572. The lowest BCUT2D eigenvalue weighted by Crippen LogP contribution is -2.18. The summed E-state index contributed by atoms with van der Waals surface area (Å²) in [6.45, 7) is 0.0748. The van der Waals surface area contributed by atoms with Crippen molar-refractivity contribution in [2.24, 2.45) is 0 Å². The first-order chi connectivity index (χ1) is 14.2. The second-order valence-corrected chi connectivity index (χ2v) is 6.66. The maximum Gasteiger partial charge on any atom is 0.274 e. The van der Waals surface area contributed by atoms with E-state index < -0.39 is 5.91 Å². The predicted octanol–water partition coefficient (Wildman–Crippen LogP) is 3.89. The van der Waals surface area contributed by atoms with E-state index in [1.807, 2.05) is 42.5 Å². The number of hydroxylamine groups is 1. The fraction of sp³-hybridized carbons (Fsp3) is 0.0870. The number of aromatic nitrogens is 1. The van der Waals surface area contributed by atoms with Gasteiger partial charge in [0.1, 0.15) is 12.4 Å². The van der Waals surface area contributed by atoms with Crippen LogP contribution in [0.4, 0.5) is 0 Å². The Morgan fingerprint density at radius 3 is 2.52 bits per heavy atom. The summed E-state index contributed by atoms with van der Waals surface area (Å²) >= 11 is 0. The van der Waals surface area contributed by atoms with Gasteiger partial charge < -0.3 is 14.8 Å². The van der Waals surface area contributed by atoms with E-state index in [9.17, 15) is 9.90 Å². The summed E-state index contributed by atoms with van der Waals surface area (Å²) in [7, 11) is 0. The Balaban J connectivity index is 1.55.